The second kappa shape index (κ2) is 6.00. The van der Waals surface area contributed by atoms with E-state index in [0.717, 1.165) is 13.1 Å². The molecule has 1 saturated heterocycles. The van der Waals surface area contributed by atoms with Crippen LogP contribution in [0, 0.1) is 17.8 Å². The van der Waals surface area contributed by atoms with Crippen LogP contribution in [0.25, 0.3) is 0 Å². The molecule has 0 spiro atoms. The molecule has 0 bridgehead atoms. The number of carboxylic acids is 1. The van der Waals surface area contributed by atoms with E-state index in [4.69, 9.17) is 5.11 Å². The maximum absolute atomic E-state index is 11.9. The molecule has 5 heteroatoms. The summed E-state index contributed by atoms with van der Waals surface area (Å²) < 4.78 is 0. The minimum absolute atomic E-state index is 0.120. The van der Waals surface area contributed by atoms with Gasteiger partial charge in [-0.1, -0.05) is 20.8 Å². The van der Waals surface area contributed by atoms with E-state index in [1.807, 2.05) is 20.8 Å². The highest BCUT2D eigenvalue weighted by molar-refractivity contribution is 5.85. The third-order valence-electron chi connectivity index (χ3n) is 3.26. The largest absolute Gasteiger partial charge is 0.480 e. The fourth-order valence-electron chi connectivity index (χ4n) is 1.87. The van der Waals surface area contributed by atoms with E-state index in [-0.39, 0.29) is 17.7 Å². The van der Waals surface area contributed by atoms with Crippen molar-refractivity contribution in [3.8, 4) is 0 Å². The smallest absolute Gasteiger partial charge is 0.326 e. The monoisotopic (exact) mass is 242 g/mol. The lowest BCUT2D eigenvalue weighted by molar-refractivity contribution is -0.143. The van der Waals surface area contributed by atoms with Crippen molar-refractivity contribution in [2.75, 3.05) is 13.1 Å². The Labute approximate surface area is 102 Å². The van der Waals surface area contributed by atoms with Gasteiger partial charge in [-0.2, -0.15) is 0 Å². The molecule has 0 aliphatic carbocycles. The van der Waals surface area contributed by atoms with Crippen LogP contribution in [-0.2, 0) is 9.59 Å². The van der Waals surface area contributed by atoms with Crippen LogP contribution in [0.15, 0.2) is 0 Å². The minimum Gasteiger partial charge on any atom is -0.480 e. The predicted molar refractivity (Wildman–Crippen MR) is 64.5 cm³/mol. The Morgan fingerprint density at radius 3 is 2.29 bits per heavy atom. The van der Waals surface area contributed by atoms with Crippen molar-refractivity contribution in [1.29, 1.82) is 0 Å². The van der Waals surface area contributed by atoms with E-state index in [2.05, 4.69) is 10.6 Å². The molecule has 1 amide bonds. The molecule has 0 saturated carbocycles. The van der Waals surface area contributed by atoms with Gasteiger partial charge in [0, 0.05) is 5.92 Å². The maximum atomic E-state index is 11.9. The highest BCUT2D eigenvalue weighted by Crippen LogP contribution is 2.16. The molecule has 1 rings (SSSR count). The van der Waals surface area contributed by atoms with Gasteiger partial charge >= 0.3 is 5.97 Å². The number of carbonyl (C=O) groups is 2. The van der Waals surface area contributed by atoms with Gasteiger partial charge in [-0.15, -0.1) is 0 Å². The summed E-state index contributed by atoms with van der Waals surface area (Å²) in [6, 6.07) is -0.766. The van der Waals surface area contributed by atoms with Gasteiger partial charge in [0.05, 0.1) is 0 Å². The number of hydrogen-bond acceptors (Lipinski definition) is 3. The van der Waals surface area contributed by atoms with Gasteiger partial charge < -0.3 is 15.7 Å². The third-order valence-corrected chi connectivity index (χ3v) is 3.26. The van der Waals surface area contributed by atoms with Crippen molar-refractivity contribution in [2.45, 2.75) is 33.2 Å². The quantitative estimate of drug-likeness (QED) is 0.632. The molecule has 0 aromatic carbocycles. The molecule has 1 aliphatic rings. The van der Waals surface area contributed by atoms with Crippen molar-refractivity contribution in [1.82, 2.24) is 10.6 Å². The van der Waals surface area contributed by atoms with Crippen LogP contribution < -0.4 is 10.6 Å². The Morgan fingerprint density at radius 1 is 1.35 bits per heavy atom. The molecule has 5 nitrogen and oxygen atoms in total. The van der Waals surface area contributed by atoms with E-state index in [0.29, 0.717) is 12.3 Å². The van der Waals surface area contributed by atoms with Crippen LogP contribution in [-0.4, -0.2) is 36.1 Å². The molecule has 1 heterocycles. The Hall–Kier alpha value is -1.10. The lowest BCUT2D eigenvalue weighted by atomic mass is 9.88. The number of nitrogens with one attached hydrogen (secondary N) is 2. The predicted octanol–water partition coefficient (Wildman–Crippen LogP) is 0.457. The molecule has 1 fully saturated rings. The summed E-state index contributed by atoms with van der Waals surface area (Å²) in [5.74, 6) is -0.638. The Kier molecular flexibility index (Phi) is 4.93. The van der Waals surface area contributed by atoms with Gasteiger partial charge in [0.1, 0.15) is 6.04 Å². The van der Waals surface area contributed by atoms with E-state index < -0.39 is 12.0 Å². The first-order valence-corrected chi connectivity index (χ1v) is 6.15. The fraction of sp³-hybridized carbons (Fsp3) is 0.833. The summed E-state index contributed by atoms with van der Waals surface area (Å²) in [6.45, 7) is 7.44. The molecular weight excluding hydrogens is 220 g/mol. The van der Waals surface area contributed by atoms with Crippen LogP contribution in [0.3, 0.4) is 0 Å². The van der Waals surface area contributed by atoms with E-state index >= 15 is 0 Å². The van der Waals surface area contributed by atoms with Crippen LogP contribution >= 0.6 is 0 Å². The highest BCUT2D eigenvalue weighted by Gasteiger charge is 2.31. The number of amides is 1. The van der Waals surface area contributed by atoms with Crippen molar-refractivity contribution < 1.29 is 14.7 Å². The number of carbonyl (C=O) groups excluding carboxylic acids is 1. The van der Waals surface area contributed by atoms with Crippen LogP contribution in [0.1, 0.15) is 27.2 Å². The molecule has 0 aromatic rings. The molecule has 1 aliphatic heterocycles. The first-order valence-electron chi connectivity index (χ1n) is 6.15. The summed E-state index contributed by atoms with van der Waals surface area (Å²) >= 11 is 0. The zero-order valence-corrected chi connectivity index (χ0v) is 10.7. The van der Waals surface area contributed by atoms with Gasteiger partial charge in [0.15, 0.2) is 0 Å². The van der Waals surface area contributed by atoms with Gasteiger partial charge in [-0.3, -0.25) is 4.79 Å². The standard InChI is InChI=1S/C12H22N2O3/c1-7(2)4-10(12(16)17)14-11(15)8(3)9-5-13-6-9/h7-10,13H,4-6H2,1-3H3,(H,14,15)(H,16,17)/t8?,10-/m0/s1. The summed E-state index contributed by atoms with van der Waals surface area (Å²) in [7, 11) is 0. The third kappa shape index (κ3) is 4.00. The van der Waals surface area contributed by atoms with E-state index in [1.165, 1.54) is 0 Å². The second-order valence-electron chi connectivity index (χ2n) is 5.24. The lowest BCUT2D eigenvalue weighted by Crippen LogP contribution is -2.52. The average molecular weight is 242 g/mol. The normalized spacial score (nSPS) is 19.5. The number of aliphatic carboxylic acids is 1. The van der Waals surface area contributed by atoms with E-state index in [1.54, 1.807) is 0 Å². The van der Waals surface area contributed by atoms with Gasteiger partial charge in [0.25, 0.3) is 0 Å². The van der Waals surface area contributed by atoms with Crippen molar-refractivity contribution in [3.05, 3.63) is 0 Å². The molecule has 0 radical (unpaired) electrons. The Morgan fingerprint density at radius 2 is 1.94 bits per heavy atom. The maximum Gasteiger partial charge on any atom is 0.326 e. The molecule has 1 unspecified atom stereocenters. The zero-order valence-electron chi connectivity index (χ0n) is 10.7. The second-order valence-corrected chi connectivity index (χ2v) is 5.24. The molecular formula is C12H22N2O3. The Bertz CT molecular complexity index is 287. The SMILES string of the molecule is CC(C)C[C@H](NC(=O)C(C)C1CNC1)C(=O)O. The highest BCUT2D eigenvalue weighted by atomic mass is 16.4. The number of rotatable bonds is 6. The van der Waals surface area contributed by atoms with Crippen LogP contribution in [0.2, 0.25) is 0 Å². The first-order chi connectivity index (χ1) is 7.91. The molecule has 17 heavy (non-hydrogen) atoms. The van der Waals surface area contributed by atoms with Crippen LogP contribution in [0.4, 0.5) is 0 Å². The van der Waals surface area contributed by atoms with E-state index in [9.17, 15) is 9.59 Å². The first kappa shape index (κ1) is 14.0. The number of carboxylic acid groups (broad SMARTS) is 1. The van der Waals surface area contributed by atoms with Crippen LogP contribution in [0.5, 0.6) is 0 Å². The molecule has 2 atom stereocenters. The topological polar surface area (TPSA) is 78.4 Å². The molecule has 0 aromatic heterocycles. The summed E-state index contributed by atoms with van der Waals surface area (Å²) in [4.78, 5) is 22.9. The summed E-state index contributed by atoms with van der Waals surface area (Å²) in [6.07, 6.45) is 0.469. The molecule has 3 N–H and O–H groups in total. The van der Waals surface area contributed by atoms with Crippen molar-refractivity contribution in [3.63, 3.8) is 0 Å². The molecule has 98 valence electrons. The zero-order chi connectivity index (χ0) is 13.0. The van der Waals surface area contributed by atoms with Gasteiger partial charge in [-0.05, 0) is 31.3 Å². The fourth-order valence-corrected chi connectivity index (χ4v) is 1.87. The lowest BCUT2D eigenvalue weighted by Gasteiger charge is -2.32. The van der Waals surface area contributed by atoms with Crippen molar-refractivity contribution in [2.24, 2.45) is 17.8 Å². The minimum atomic E-state index is -0.953. The summed E-state index contributed by atoms with van der Waals surface area (Å²) in [5.41, 5.74) is 0. The van der Waals surface area contributed by atoms with Crippen molar-refractivity contribution >= 4 is 11.9 Å². The van der Waals surface area contributed by atoms with Gasteiger partial charge in [-0.25, -0.2) is 4.79 Å². The van der Waals surface area contributed by atoms with Gasteiger partial charge in [0.2, 0.25) is 5.91 Å². The Balaban J connectivity index is 2.47. The summed E-state index contributed by atoms with van der Waals surface area (Å²) in [5, 5.41) is 14.8. The average Bonchev–Trinajstić information content (AvgIpc) is 2.12. The number of hydrogen-bond donors (Lipinski definition) is 3.